The number of halogens is 1. The Morgan fingerprint density at radius 3 is 2.38 bits per heavy atom. The first-order valence-electron chi connectivity index (χ1n) is 6.92. The molecule has 0 aliphatic rings. The lowest BCUT2D eigenvalue weighted by Crippen LogP contribution is -1.91. The molecule has 0 amide bonds. The van der Waals surface area contributed by atoms with Gasteiger partial charge >= 0.3 is 0 Å². The molecule has 0 aliphatic carbocycles. The number of nitrogens with zero attached hydrogens (tertiary/aromatic N) is 2. The van der Waals surface area contributed by atoms with Gasteiger partial charge in [0.2, 0.25) is 0 Å². The maximum Gasteiger partial charge on any atom is 0.133 e. The summed E-state index contributed by atoms with van der Waals surface area (Å²) in [7, 11) is 2.05. The van der Waals surface area contributed by atoms with Crippen molar-refractivity contribution in [2.45, 2.75) is 13.8 Å². The van der Waals surface area contributed by atoms with Crippen LogP contribution >= 0.6 is 11.6 Å². The molecular weight excluding hydrogens is 280 g/mol. The van der Waals surface area contributed by atoms with E-state index in [-0.39, 0.29) is 0 Å². The van der Waals surface area contributed by atoms with Crippen molar-refractivity contribution < 1.29 is 0 Å². The Bertz CT molecular complexity index is 827. The van der Waals surface area contributed by atoms with Crippen LogP contribution in [0.4, 0.5) is 0 Å². The predicted octanol–water partition coefficient (Wildman–Crippen LogP) is 5.01. The topological polar surface area (TPSA) is 17.8 Å². The predicted molar refractivity (Wildman–Crippen MR) is 90.6 cm³/mol. The van der Waals surface area contributed by atoms with Crippen molar-refractivity contribution in [3.8, 4) is 0 Å². The normalized spacial score (nSPS) is 11.6. The number of rotatable bonds is 2. The van der Waals surface area contributed by atoms with Crippen molar-refractivity contribution in [2.75, 3.05) is 0 Å². The summed E-state index contributed by atoms with van der Waals surface area (Å²) < 4.78 is 2.12. The van der Waals surface area contributed by atoms with Crippen molar-refractivity contribution >= 4 is 34.8 Å². The monoisotopic (exact) mass is 296 g/mol. The van der Waals surface area contributed by atoms with E-state index in [0.29, 0.717) is 0 Å². The maximum atomic E-state index is 5.90. The smallest absolute Gasteiger partial charge is 0.133 e. The minimum atomic E-state index is 0.751. The van der Waals surface area contributed by atoms with Gasteiger partial charge in [-0.05, 0) is 60.9 Å². The third-order valence-electron chi connectivity index (χ3n) is 3.83. The van der Waals surface area contributed by atoms with Crippen molar-refractivity contribution in [2.24, 2.45) is 7.05 Å². The van der Waals surface area contributed by atoms with Crippen LogP contribution in [0.5, 0.6) is 0 Å². The van der Waals surface area contributed by atoms with Crippen LogP contribution in [0, 0.1) is 13.8 Å². The summed E-state index contributed by atoms with van der Waals surface area (Å²) in [6, 6.07) is 12.1. The van der Waals surface area contributed by atoms with Crippen LogP contribution in [0.2, 0.25) is 5.02 Å². The van der Waals surface area contributed by atoms with Gasteiger partial charge in [-0.15, -0.1) is 0 Å². The number of benzene rings is 2. The van der Waals surface area contributed by atoms with Gasteiger partial charge in [-0.2, -0.15) is 0 Å². The van der Waals surface area contributed by atoms with Crippen LogP contribution in [0.3, 0.4) is 0 Å². The van der Waals surface area contributed by atoms with Crippen LogP contribution in [-0.2, 0) is 7.05 Å². The second-order valence-corrected chi connectivity index (χ2v) is 5.78. The van der Waals surface area contributed by atoms with Gasteiger partial charge in [0.15, 0.2) is 0 Å². The van der Waals surface area contributed by atoms with Crippen molar-refractivity contribution in [1.29, 1.82) is 0 Å². The lowest BCUT2D eigenvalue weighted by atomic mass is 10.1. The molecule has 0 atom stereocenters. The third-order valence-corrected chi connectivity index (χ3v) is 4.08. The molecule has 0 saturated carbocycles. The highest BCUT2D eigenvalue weighted by molar-refractivity contribution is 6.30. The molecule has 0 aliphatic heterocycles. The van der Waals surface area contributed by atoms with Gasteiger partial charge < -0.3 is 4.57 Å². The summed E-state index contributed by atoms with van der Waals surface area (Å²) in [4.78, 5) is 4.70. The molecule has 2 aromatic carbocycles. The van der Waals surface area contributed by atoms with E-state index >= 15 is 0 Å². The van der Waals surface area contributed by atoms with Crippen LogP contribution < -0.4 is 0 Å². The number of imidazole rings is 1. The highest BCUT2D eigenvalue weighted by Gasteiger charge is 2.06. The van der Waals surface area contributed by atoms with Crippen LogP contribution in [0.25, 0.3) is 23.2 Å². The molecule has 3 aromatic rings. The Hall–Kier alpha value is -2.06. The fourth-order valence-electron chi connectivity index (χ4n) is 2.36. The third kappa shape index (κ3) is 2.72. The zero-order valence-corrected chi connectivity index (χ0v) is 13.1. The van der Waals surface area contributed by atoms with E-state index in [0.717, 1.165) is 27.4 Å². The molecule has 3 rings (SSSR count). The Morgan fingerprint density at radius 1 is 1.00 bits per heavy atom. The van der Waals surface area contributed by atoms with Crippen molar-refractivity contribution in [1.82, 2.24) is 9.55 Å². The van der Waals surface area contributed by atoms with E-state index in [2.05, 4.69) is 36.6 Å². The van der Waals surface area contributed by atoms with Gasteiger partial charge in [0, 0.05) is 12.1 Å². The minimum Gasteiger partial charge on any atom is -0.328 e. The summed E-state index contributed by atoms with van der Waals surface area (Å²) in [5.41, 5.74) is 5.87. The molecule has 3 heteroatoms. The number of aromatic nitrogens is 2. The second kappa shape index (κ2) is 5.38. The van der Waals surface area contributed by atoms with Crippen LogP contribution in [-0.4, -0.2) is 9.55 Å². The Balaban J connectivity index is 2.01. The molecule has 0 bridgehead atoms. The molecule has 0 saturated heterocycles. The molecule has 0 N–H and O–H groups in total. The van der Waals surface area contributed by atoms with E-state index < -0.39 is 0 Å². The average molecular weight is 297 g/mol. The van der Waals surface area contributed by atoms with Crippen LogP contribution in [0.15, 0.2) is 36.4 Å². The van der Waals surface area contributed by atoms with Crippen molar-refractivity contribution in [3.05, 3.63) is 63.9 Å². The Kier molecular flexibility index (Phi) is 3.56. The summed E-state index contributed by atoms with van der Waals surface area (Å²) in [5, 5.41) is 0.751. The first-order chi connectivity index (χ1) is 10.0. The largest absolute Gasteiger partial charge is 0.328 e. The zero-order valence-electron chi connectivity index (χ0n) is 12.4. The van der Waals surface area contributed by atoms with Gasteiger partial charge in [-0.1, -0.05) is 29.8 Å². The Labute approximate surface area is 129 Å². The molecule has 1 heterocycles. The van der Waals surface area contributed by atoms with Gasteiger partial charge in [0.25, 0.3) is 0 Å². The molecule has 0 spiro atoms. The fraction of sp³-hybridized carbons (Fsp3) is 0.167. The fourth-order valence-corrected chi connectivity index (χ4v) is 2.49. The number of hydrogen-bond acceptors (Lipinski definition) is 1. The quantitative estimate of drug-likeness (QED) is 0.649. The maximum absolute atomic E-state index is 5.90. The Morgan fingerprint density at radius 2 is 1.67 bits per heavy atom. The number of aryl methyl sites for hydroxylation is 3. The summed E-state index contributed by atoms with van der Waals surface area (Å²) in [5.74, 6) is 0.949. The van der Waals surface area contributed by atoms with Gasteiger partial charge in [0.1, 0.15) is 5.82 Å². The summed E-state index contributed by atoms with van der Waals surface area (Å²) >= 11 is 5.90. The lowest BCUT2D eigenvalue weighted by molar-refractivity contribution is 0.930. The lowest BCUT2D eigenvalue weighted by Gasteiger charge is -2.01. The highest BCUT2D eigenvalue weighted by atomic mass is 35.5. The average Bonchev–Trinajstić information content (AvgIpc) is 2.75. The first kappa shape index (κ1) is 13.9. The molecule has 0 unspecified atom stereocenters. The van der Waals surface area contributed by atoms with Crippen LogP contribution in [0.1, 0.15) is 22.5 Å². The second-order valence-electron chi connectivity index (χ2n) is 5.34. The summed E-state index contributed by atoms with van der Waals surface area (Å²) in [6.45, 7) is 4.25. The van der Waals surface area contributed by atoms with E-state index in [1.54, 1.807) is 0 Å². The van der Waals surface area contributed by atoms with E-state index in [1.165, 1.54) is 11.1 Å². The van der Waals surface area contributed by atoms with Gasteiger partial charge in [-0.25, -0.2) is 4.98 Å². The van der Waals surface area contributed by atoms with Gasteiger partial charge in [0.05, 0.1) is 11.0 Å². The van der Waals surface area contributed by atoms with Crippen molar-refractivity contribution in [3.63, 3.8) is 0 Å². The molecule has 0 fully saturated rings. The molecule has 0 radical (unpaired) electrons. The molecular formula is C18H17ClN2. The zero-order chi connectivity index (χ0) is 15.0. The molecule has 1 aromatic heterocycles. The highest BCUT2D eigenvalue weighted by Crippen LogP contribution is 2.21. The summed E-state index contributed by atoms with van der Waals surface area (Å²) in [6.07, 6.45) is 4.09. The molecule has 21 heavy (non-hydrogen) atoms. The van der Waals surface area contributed by atoms with E-state index in [4.69, 9.17) is 16.6 Å². The number of fused-ring (bicyclic) bond motifs is 1. The van der Waals surface area contributed by atoms with E-state index in [1.807, 2.05) is 37.4 Å². The number of hydrogen-bond donors (Lipinski definition) is 0. The van der Waals surface area contributed by atoms with E-state index in [9.17, 15) is 0 Å². The molecule has 2 nitrogen and oxygen atoms in total. The SMILES string of the molecule is Cc1cc2nc(C=Cc3ccc(Cl)cc3)n(C)c2cc1C. The standard InChI is InChI=1S/C18H17ClN2/c1-12-10-16-17(11-13(12)2)21(3)18(20-16)9-6-14-4-7-15(19)8-5-14/h4-11H,1-3H3. The molecule has 106 valence electrons. The van der Waals surface area contributed by atoms with Gasteiger partial charge in [-0.3, -0.25) is 0 Å². The minimum absolute atomic E-state index is 0.751. The first-order valence-corrected chi connectivity index (χ1v) is 7.30.